The van der Waals surface area contributed by atoms with Gasteiger partial charge in [-0.3, -0.25) is 10.3 Å². The van der Waals surface area contributed by atoms with Crippen LogP contribution in [0.4, 0.5) is 10.5 Å². The predicted molar refractivity (Wildman–Crippen MR) is 111 cm³/mol. The number of anilines is 1. The first-order valence-corrected chi connectivity index (χ1v) is 10.3. The van der Waals surface area contributed by atoms with E-state index >= 15 is 0 Å². The predicted octanol–water partition coefficient (Wildman–Crippen LogP) is 4.75. The van der Waals surface area contributed by atoms with Crippen LogP contribution in [0, 0.1) is 0 Å². The zero-order valence-electron chi connectivity index (χ0n) is 17.6. The summed E-state index contributed by atoms with van der Waals surface area (Å²) in [6.07, 6.45) is 1.60. The van der Waals surface area contributed by atoms with Crippen LogP contribution in [0.2, 0.25) is 0 Å². The summed E-state index contributed by atoms with van der Waals surface area (Å²) in [7, 11) is -1.37. The van der Waals surface area contributed by atoms with Crippen molar-refractivity contribution in [2.45, 2.75) is 84.0 Å². The molecule has 1 aliphatic rings. The minimum atomic E-state index is -1.37. The summed E-state index contributed by atoms with van der Waals surface area (Å²) < 4.78 is 21.6. The van der Waals surface area contributed by atoms with E-state index in [2.05, 4.69) is 16.6 Å². The van der Waals surface area contributed by atoms with E-state index in [9.17, 15) is 9.00 Å². The van der Waals surface area contributed by atoms with Gasteiger partial charge >= 0.3 is 6.09 Å². The number of aromatic nitrogens is 1. The lowest BCUT2D eigenvalue weighted by atomic mass is 10.0. The number of nitrogens with zero attached hydrogens (tertiary/aromatic N) is 2. The van der Waals surface area contributed by atoms with Crippen molar-refractivity contribution in [3.8, 4) is 0 Å². The first kappa shape index (κ1) is 21.5. The van der Waals surface area contributed by atoms with Crippen molar-refractivity contribution in [3.05, 3.63) is 23.5 Å². The summed E-state index contributed by atoms with van der Waals surface area (Å²) in [5, 5.41) is 2.79. The molecule has 1 fully saturated rings. The largest absolute Gasteiger partial charge is 0.444 e. The third-order valence-electron chi connectivity index (χ3n) is 4.20. The highest BCUT2D eigenvalue weighted by Crippen LogP contribution is 2.47. The lowest BCUT2D eigenvalue weighted by molar-refractivity contribution is 0.0636. The van der Waals surface area contributed by atoms with Crippen LogP contribution in [0.3, 0.4) is 0 Å². The van der Waals surface area contributed by atoms with E-state index in [4.69, 9.17) is 9.72 Å². The van der Waals surface area contributed by atoms with E-state index < -0.39 is 27.4 Å². The van der Waals surface area contributed by atoms with E-state index in [1.165, 1.54) is 0 Å². The Morgan fingerprint density at radius 3 is 2.30 bits per heavy atom. The van der Waals surface area contributed by atoms with Crippen molar-refractivity contribution < 1.29 is 13.7 Å². The average molecular weight is 394 g/mol. The van der Waals surface area contributed by atoms with Crippen molar-refractivity contribution in [2.24, 2.45) is 4.40 Å². The molecular weight excluding hydrogens is 362 g/mol. The number of carbonyl (C=O) groups excluding carboxylic acids is 1. The molecule has 0 aliphatic heterocycles. The molecule has 7 heteroatoms. The molecular formula is C20H31N3O3S. The van der Waals surface area contributed by atoms with Gasteiger partial charge in [0, 0.05) is 16.8 Å². The van der Waals surface area contributed by atoms with Crippen molar-refractivity contribution in [1.29, 1.82) is 0 Å². The minimum absolute atomic E-state index is 0.0177. The molecule has 1 aliphatic carbocycles. The monoisotopic (exact) mass is 393 g/mol. The minimum Gasteiger partial charge on any atom is -0.444 e. The van der Waals surface area contributed by atoms with Crippen LogP contribution in [-0.2, 0) is 21.1 Å². The molecule has 0 spiro atoms. The van der Waals surface area contributed by atoms with Gasteiger partial charge in [-0.1, -0.05) is 6.92 Å². The third-order valence-corrected chi connectivity index (χ3v) is 5.69. The van der Waals surface area contributed by atoms with E-state index in [-0.39, 0.29) is 5.41 Å². The molecule has 1 N–H and O–H groups in total. The second-order valence-electron chi connectivity index (χ2n) is 9.35. The van der Waals surface area contributed by atoms with E-state index in [0.29, 0.717) is 17.1 Å². The van der Waals surface area contributed by atoms with Gasteiger partial charge in [0.15, 0.2) is 0 Å². The van der Waals surface area contributed by atoms with Crippen LogP contribution in [-0.4, -0.2) is 31.3 Å². The summed E-state index contributed by atoms with van der Waals surface area (Å²) in [6, 6.07) is 3.63. The van der Waals surface area contributed by atoms with Crippen LogP contribution in [0.1, 0.15) is 79.6 Å². The molecule has 27 heavy (non-hydrogen) atoms. The highest BCUT2D eigenvalue weighted by Gasteiger charge is 2.41. The molecule has 0 saturated heterocycles. The zero-order chi connectivity index (χ0) is 20.6. The quantitative estimate of drug-likeness (QED) is 0.749. The number of hydrogen-bond donors (Lipinski definition) is 1. The number of nitrogens with one attached hydrogen (secondary N) is 1. The molecule has 0 radical (unpaired) electrons. The Bertz CT molecular complexity index is 785. The van der Waals surface area contributed by atoms with Crippen LogP contribution in [0.5, 0.6) is 0 Å². The fraction of sp³-hybridized carbons (Fsp3) is 0.650. The molecule has 1 aromatic heterocycles. The highest BCUT2D eigenvalue weighted by atomic mass is 32.2. The molecule has 6 nitrogen and oxygen atoms in total. The van der Waals surface area contributed by atoms with Crippen molar-refractivity contribution in [1.82, 2.24) is 4.98 Å². The Kier molecular flexibility index (Phi) is 5.85. The lowest BCUT2D eigenvalue weighted by Crippen LogP contribution is -2.27. The molecule has 150 valence electrons. The maximum absolute atomic E-state index is 12.4. The third kappa shape index (κ3) is 6.13. The molecule has 0 bridgehead atoms. The molecule has 1 saturated carbocycles. The van der Waals surface area contributed by atoms with Gasteiger partial charge in [-0.05, 0) is 73.4 Å². The maximum atomic E-state index is 12.4. The standard InChI is InChI=1S/C20H31N3O3S/c1-13(23-27(25)19(5,6)7)15-11-14(21-17(24)26-18(2,3)4)12-16(22-15)20(8)9-10-20/h11-12H,9-10H2,1-8H3,(H,21,22,24)/b23-13+. The molecule has 2 rings (SSSR count). The van der Waals surface area contributed by atoms with Gasteiger partial charge < -0.3 is 4.74 Å². The molecule has 1 aromatic rings. The van der Waals surface area contributed by atoms with Crippen LogP contribution < -0.4 is 5.32 Å². The van der Waals surface area contributed by atoms with E-state index in [1.807, 2.05) is 47.6 Å². The molecule has 1 amide bonds. The van der Waals surface area contributed by atoms with Gasteiger partial charge in [-0.15, -0.1) is 0 Å². The van der Waals surface area contributed by atoms with Crippen molar-refractivity contribution >= 4 is 28.5 Å². The van der Waals surface area contributed by atoms with Gasteiger partial charge in [-0.25, -0.2) is 9.00 Å². The summed E-state index contributed by atoms with van der Waals surface area (Å²) >= 11 is 0. The number of carbonyl (C=O) groups is 1. The average Bonchev–Trinajstić information content (AvgIpc) is 3.23. The molecule has 1 unspecified atom stereocenters. The second kappa shape index (κ2) is 7.34. The summed E-state index contributed by atoms with van der Waals surface area (Å²) in [5.41, 5.74) is 2.15. The van der Waals surface area contributed by atoms with E-state index in [0.717, 1.165) is 18.5 Å². The Morgan fingerprint density at radius 2 is 1.81 bits per heavy atom. The molecule has 0 aromatic carbocycles. The first-order valence-electron chi connectivity index (χ1n) is 9.20. The number of pyridine rings is 1. The number of ether oxygens (including phenoxy) is 1. The summed E-state index contributed by atoms with van der Waals surface area (Å²) in [6.45, 7) is 15.0. The Labute approximate surface area is 164 Å². The molecule has 1 heterocycles. The first-order chi connectivity index (χ1) is 12.2. The Hall–Kier alpha value is -1.76. The van der Waals surface area contributed by atoms with Gasteiger partial charge in [0.2, 0.25) is 0 Å². The summed E-state index contributed by atoms with van der Waals surface area (Å²) in [4.78, 5) is 16.9. The van der Waals surface area contributed by atoms with Crippen LogP contribution in [0.25, 0.3) is 0 Å². The van der Waals surface area contributed by atoms with Crippen LogP contribution in [0.15, 0.2) is 16.5 Å². The van der Waals surface area contributed by atoms with E-state index in [1.54, 1.807) is 13.0 Å². The van der Waals surface area contributed by atoms with Crippen molar-refractivity contribution in [3.63, 3.8) is 0 Å². The fourth-order valence-electron chi connectivity index (χ4n) is 2.27. The van der Waals surface area contributed by atoms with Gasteiger partial charge in [0.25, 0.3) is 0 Å². The Balaban J connectivity index is 2.36. The number of hydrogen-bond acceptors (Lipinski definition) is 4. The molecule has 1 atom stereocenters. The van der Waals surface area contributed by atoms with Gasteiger partial charge in [0.1, 0.15) is 16.6 Å². The zero-order valence-corrected chi connectivity index (χ0v) is 18.4. The van der Waals surface area contributed by atoms with Crippen molar-refractivity contribution in [2.75, 3.05) is 5.32 Å². The van der Waals surface area contributed by atoms with Gasteiger partial charge in [-0.2, -0.15) is 4.40 Å². The maximum Gasteiger partial charge on any atom is 0.412 e. The number of rotatable bonds is 4. The normalized spacial score (nSPS) is 18.0. The smallest absolute Gasteiger partial charge is 0.412 e. The SMILES string of the molecule is C/C(=N\S(=O)C(C)(C)C)c1cc(NC(=O)OC(C)(C)C)cc(C2(C)CC2)n1. The lowest BCUT2D eigenvalue weighted by Gasteiger charge is -2.20. The van der Waals surface area contributed by atoms with Crippen LogP contribution >= 0.6 is 0 Å². The Morgan fingerprint density at radius 1 is 1.22 bits per heavy atom. The summed E-state index contributed by atoms with van der Waals surface area (Å²) in [5.74, 6) is 0. The van der Waals surface area contributed by atoms with Gasteiger partial charge in [0.05, 0.1) is 16.2 Å². The number of amides is 1. The topological polar surface area (TPSA) is 80.7 Å². The second-order valence-corrected chi connectivity index (χ2v) is 11.3. The fourth-order valence-corrected chi connectivity index (χ4v) is 2.89. The highest BCUT2D eigenvalue weighted by molar-refractivity contribution is 7.85.